The molecule has 0 heterocycles. The summed E-state index contributed by atoms with van der Waals surface area (Å²) in [5.74, 6) is 0.733. The molecule has 0 spiro atoms. The van der Waals surface area contributed by atoms with Gasteiger partial charge in [-0.25, -0.2) is 0 Å². The minimum absolute atomic E-state index is 0.465. The molecule has 1 nitrogen and oxygen atoms in total. The molecule has 0 aliphatic heterocycles. The Balaban J connectivity index is 2.83. The Morgan fingerprint density at radius 2 is 1.70 bits per heavy atom. The maximum Gasteiger partial charge on any atom is 0.0440 e. The van der Waals surface area contributed by atoms with Gasteiger partial charge in [0.05, 0.1) is 0 Å². The van der Waals surface area contributed by atoms with E-state index in [0.717, 1.165) is 12.5 Å². The van der Waals surface area contributed by atoms with E-state index in [9.17, 15) is 0 Å². The first-order valence-electron chi connectivity index (χ1n) is 8.03. The van der Waals surface area contributed by atoms with E-state index in [1.54, 1.807) is 0 Å². The lowest BCUT2D eigenvalue weighted by Crippen LogP contribution is -2.32. The second kappa shape index (κ2) is 9.46. The quantitative estimate of drug-likeness (QED) is 0.664. The Morgan fingerprint density at radius 1 is 1.05 bits per heavy atom. The molecule has 2 heteroatoms. The maximum atomic E-state index is 3.76. The SMILES string of the molecule is CCCNC(c1ccccc1)C(CC)SC(C)C(C)C. The summed E-state index contributed by atoms with van der Waals surface area (Å²) in [6.45, 7) is 12.6. The lowest BCUT2D eigenvalue weighted by atomic mass is 10.0. The van der Waals surface area contributed by atoms with Crippen molar-refractivity contribution >= 4 is 11.8 Å². The van der Waals surface area contributed by atoms with Crippen molar-refractivity contribution in [2.75, 3.05) is 6.54 Å². The van der Waals surface area contributed by atoms with Crippen LogP contribution in [-0.2, 0) is 0 Å². The predicted octanol–water partition coefficient (Wildman–Crippen LogP) is 5.28. The molecule has 0 bridgehead atoms. The average molecular weight is 294 g/mol. The molecule has 1 aromatic carbocycles. The first-order chi connectivity index (χ1) is 9.60. The van der Waals surface area contributed by atoms with Crippen LogP contribution in [0.15, 0.2) is 30.3 Å². The van der Waals surface area contributed by atoms with Crippen molar-refractivity contribution in [1.82, 2.24) is 5.32 Å². The molecular weight excluding hydrogens is 262 g/mol. The van der Waals surface area contributed by atoms with Gasteiger partial charge in [0.15, 0.2) is 0 Å². The van der Waals surface area contributed by atoms with Crippen molar-refractivity contribution < 1.29 is 0 Å². The van der Waals surface area contributed by atoms with E-state index in [-0.39, 0.29) is 0 Å². The van der Waals surface area contributed by atoms with Crippen LogP contribution in [0.4, 0.5) is 0 Å². The summed E-state index contributed by atoms with van der Waals surface area (Å²) in [5, 5.41) is 5.10. The van der Waals surface area contributed by atoms with Gasteiger partial charge < -0.3 is 5.32 Å². The van der Waals surface area contributed by atoms with Gasteiger partial charge in [0.1, 0.15) is 0 Å². The summed E-state index contributed by atoms with van der Waals surface area (Å²) in [6, 6.07) is 11.4. The van der Waals surface area contributed by atoms with Crippen LogP contribution in [0, 0.1) is 5.92 Å². The second-order valence-electron chi connectivity index (χ2n) is 5.87. The lowest BCUT2D eigenvalue weighted by Gasteiger charge is -2.30. The molecule has 1 N–H and O–H groups in total. The van der Waals surface area contributed by atoms with Gasteiger partial charge >= 0.3 is 0 Å². The molecule has 0 saturated heterocycles. The molecule has 0 aliphatic rings. The van der Waals surface area contributed by atoms with Crippen LogP contribution in [0.25, 0.3) is 0 Å². The Morgan fingerprint density at radius 3 is 2.20 bits per heavy atom. The average Bonchev–Trinajstić information content (AvgIpc) is 2.47. The summed E-state index contributed by atoms with van der Waals surface area (Å²) in [5.41, 5.74) is 1.43. The van der Waals surface area contributed by atoms with E-state index in [4.69, 9.17) is 0 Å². The van der Waals surface area contributed by atoms with Crippen LogP contribution < -0.4 is 5.32 Å². The molecule has 0 saturated carbocycles. The van der Waals surface area contributed by atoms with Gasteiger partial charge in [0.2, 0.25) is 0 Å². The van der Waals surface area contributed by atoms with Crippen LogP contribution in [0.3, 0.4) is 0 Å². The minimum atomic E-state index is 0.465. The molecule has 114 valence electrons. The number of nitrogens with one attached hydrogen (secondary N) is 1. The summed E-state index contributed by atoms with van der Waals surface area (Å²) in [7, 11) is 0. The fourth-order valence-electron chi connectivity index (χ4n) is 2.27. The largest absolute Gasteiger partial charge is 0.309 e. The third-order valence-corrected chi connectivity index (χ3v) is 5.80. The van der Waals surface area contributed by atoms with Gasteiger partial charge in [0, 0.05) is 16.5 Å². The fourth-order valence-corrected chi connectivity index (χ4v) is 3.74. The number of hydrogen-bond donors (Lipinski definition) is 1. The molecule has 0 radical (unpaired) electrons. The maximum absolute atomic E-state index is 3.76. The van der Waals surface area contributed by atoms with E-state index < -0.39 is 0 Å². The number of rotatable bonds is 9. The highest BCUT2D eigenvalue weighted by atomic mass is 32.2. The minimum Gasteiger partial charge on any atom is -0.309 e. The second-order valence-corrected chi connectivity index (χ2v) is 7.50. The van der Waals surface area contributed by atoms with Crippen molar-refractivity contribution in [2.45, 2.75) is 64.0 Å². The summed E-state index contributed by atoms with van der Waals surface area (Å²) in [4.78, 5) is 0. The van der Waals surface area contributed by atoms with E-state index >= 15 is 0 Å². The molecule has 0 aliphatic carbocycles. The van der Waals surface area contributed by atoms with Gasteiger partial charge in [0.25, 0.3) is 0 Å². The summed E-state index contributed by atoms with van der Waals surface area (Å²) < 4.78 is 0. The van der Waals surface area contributed by atoms with Crippen LogP contribution in [0.1, 0.15) is 59.1 Å². The predicted molar refractivity (Wildman–Crippen MR) is 93.4 cm³/mol. The van der Waals surface area contributed by atoms with E-state index in [2.05, 4.69) is 82.0 Å². The smallest absolute Gasteiger partial charge is 0.0440 e. The zero-order chi connectivity index (χ0) is 15.0. The number of benzene rings is 1. The van der Waals surface area contributed by atoms with Crippen molar-refractivity contribution in [3.63, 3.8) is 0 Å². The topological polar surface area (TPSA) is 12.0 Å². The molecule has 20 heavy (non-hydrogen) atoms. The summed E-state index contributed by atoms with van der Waals surface area (Å²) >= 11 is 2.14. The van der Waals surface area contributed by atoms with Gasteiger partial charge in [-0.3, -0.25) is 0 Å². The van der Waals surface area contributed by atoms with Crippen molar-refractivity contribution in [1.29, 1.82) is 0 Å². The zero-order valence-corrected chi connectivity index (χ0v) is 14.5. The van der Waals surface area contributed by atoms with E-state index in [1.807, 2.05) is 0 Å². The van der Waals surface area contributed by atoms with Gasteiger partial charge in [-0.2, -0.15) is 11.8 Å². The first kappa shape index (κ1) is 17.6. The number of thioether (sulfide) groups is 1. The van der Waals surface area contributed by atoms with Crippen molar-refractivity contribution in [3.05, 3.63) is 35.9 Å². The van der Waals surface area contributed by atoms with Crippen LogP contribution in [-0.4, -0.2) is 17.0 Å². The van der Waals surface area contributed by atoms with E-state index in [1.165, 1.54) is 18.4 Å². The van der Waals surface area contributed by atoms with Crippen LogP contribution in [0.2, 0.25) is 0 Å². The van der Waals surface area contributed by atoms with E-state index in [0.29, 0.717) is 16.5 Å². The zero-order valence-electron chi connectivity index (χ0n) is 13.7. The normalized spacial score (nSPS) is 16.1. The highest BCUT2D eigenvalue weighted by Crippen LogP contribution is 2.34. The highest BCUT2D eigenvalue weighted by molar-refractivity contribution is 8.00. The molecule has 1 rings (SSSR count). The molecule has 3 atom stereocenters. The van der Waals surface area contributed by atoms with Crippen molar-refractivity contribution in [2.24, 2.45) is 5.92 Å². The van der Waals surface area contributed by atoms with Gasteiger partial charge in [-0.15, -0.1) is 0 Å². The Labute approximate surface area is 129 Å². The Hall–Kier alpha value is -0.470. The monoisotopic (exact) mass is 293 g/mol. The Kier molecular flexibility index (Phi) is 8.32. The lowest BCUT2D eigenvalue weighted by molar-refractivity contribution is 0.501. The standard InChI is InChI=1S/C18H31NS/c1-6-13-19-18(16-11-9-8-10-12-16)17(7-2)20-15(5)14(3)4/h8-12,14-15,17-19H,6-7,13H2,1-5H3. The van der Waals surface area contributed by atoms with Gasteiger partial charge in [-0.1, -0.05) is 65.0 Å². The van der Waals surface area contributed by atoms with Gasteiger partial charge in [-0.05, 0) is 30.9 Å². The number of hydrogen-bond acceptors (Lipinski definition) is 2. The molecule has 0 fully saturated rings. The first-order valence-corrected chi connectivity index (χ1v) is 8.98. The fraction of sp³-hybridized carbons (Fsp3) is 0.667. The molecule has 0 aromatic heterocycles. The third kappa shape index (κ3) is 5.49. The third-order valence-electron chi connectivity index (χ3n) is 3.88. The molecular formula is C18H31NS. The molecule has 3 unspecified atom stereocenters. The summed E-state index contributed by atoms with van der Waals surface area (Å²) in [6.07, 6.45) is 2.39. The van der Waals surface area contributed by atoms with Crippen molar-refractivity contribution in [3.8, 4) is 0 Å². The van der Waals surface area contributed by atoms with Crippen LogP contribution >= 0.6 is 11.8 Å². The molecule has 0 amide bonds. The Bertz CT molecular complexity index is 350. The van der Waals surface area contributed by atoms with Crippen LogP contribution in [0.5, 0.6) is 0 Å². The highest BCUT2D eigenvalue weighted by Gasteiger charge is 2.24. The molecule has 1 aromatic rings.